The van der Waals surface area contributed by atoms with E-state index < -0.39 is 0 Å². The summed E-state index contributed by atoms with van der Waals surface area (Å²) in [6.07, 6.45) is 25.9. The van der Waals surface area contributed by atoms with E-state index >= 15 is 0 Å². The summed E-state index contributed by atoms with van der Waals surface area (Å²) in [6, 6.07) is 0. The Bertz CT molecular complexity index is 394. The van der Waals surface area contributed by atoms with Gasteiger partial charge in [0.25, 0.3) is 0 Å². The first-order valence-corrected chi connectivity index (χ1v) is 7.61. The molecule has 0 aromatic carbocycles. The number of rotatable bonds is 2. The van der Waals surface area contributed by atoms with Crippen LogP contribution in [0.25, 0.3) is 0 Å². The molecule has 18 heavy (non-hydrogen) atoms. The van der Waals surface area contributed by atoms with E-state index in [0.717, 1.165) is 17.8 Å². The Hall–Kier alpha value is -1.04. The van der Waals surface area contributed by atoms with Crippen molar-refractivity contribution in [1.82, 2.24) is 0 Å². The maximum atomic E-state index is 2.46. The number of hydrogen-bond acceptors (Lipinski definition) is 0. The van der Waals surface area contributed by atoms with Crippen LogP contribution in [0.2, 0.25) is 0 Å². The fourth-order valence-electron chi connectivity index (χ4n) is 3.69. The molecule has 0 aromatic heterocycles. The van der Waals surface area contributed by atoms with E-state index in [0.29, 0.717) is 0 Å². The Morgan fingerprint density at radius 3 is 2.44 bits per heavy atom. The lowest BCUT2D eigenvalue weighted by atomic mass is 9.74. The molecule has 3 rings (SSSR count). The van der Waals surface area contributed by atoms with Gasteiger partial charge in [-0.25, -0.2) is 0 Å². The summed E-state index contributed by atoms with van der Waals surface area (Å²) >= 11 is 0. The Morgan fingerprint density at radius 2 is 1.72 bits per heavy atom. The molecule has 0 saturated heterocycles. The summed E-state index contributed by atoms with van der Waals surface area (Å²) in [6.45, 7) is 0. The van der Waals surface area contributed by atoms with Gasteiger partial charge in [-0.15, -0.1) is 0 Å². The van der Waals surface area contributed by atoms with E-state index in [-0.39, 0.29) is 0 Å². The van der Waals surface area contributed by atoms with Crippen molar-refractivity contribution in [1.29, 1.82) is 0 Å². The minimum absolute atomic E-state index is 0.806. The molecule has 3 unspecified atom stereocenters. The zero-order valence-electron chi connectivity index (χ0n) is 11.2. The van der Waals surface area contributed by atoms with Crippen LogP contribution in [0.4, 0.5) is 0 Å². The van der Waals surface area contributed by atoms with Gasteiger partial charge in [0.1, 0.15) is 0 Å². The molecular weight excluding hydrogens is 216 g/mol. The summed E-state index contributed by atoms with van der Waals surface area (Å²) in [5.41, 5.74) is 1.72. The van der Waals surface area contributed by atoms with Gasteiger partial charge in [0, 0.05) is 0 Å². The molecule has 0 spiro atoms. The van der Waals surface area contributed by atoms with Crippen molar-refractivity contribution in [3.8, 4) is 0 Å². The molecular formula is C18H24. The fraction of sp³-hybridized carbons (Fsp3) is 0.556. The van der Waals surface area contributed by atoms with Crippen molar-refractivity contribution in [3.63, 3.8) is 0 Å². The van der Waals surface area contributed by atoms with Crippen LogP contribution in [-0.4, -0.2) is 0 Å². The third-order valence-electron chi connectivity index (χ3n) is 4.85. The van der Waals surface area contributed by atoms with Gasteiger partial charge in [0.05, 0.1) is 0 Å². The molecule has 3 atom stereocenters. The van der Waals surface area contributed by atoms with E-state index in [1.807, 2.05) is 0 Å². The van der Waals surface area contributed by atoms with Crippen LogP contribution >= 0.6 is 0 Å². The Kier molecular flexibility index (Phi) is 3.83. The molecule has 96 valence electrons. The maximum absolute atomic E-state index is 2.46. The smallest absolute Gasteiger partial charge is 0.0161 e. The summed E-state index contributed by atoms with van der Waals surface area (Å²) in [4.78, 5) is 0. The van der Waals surface area contributed by atoms with Gasteiger partial charge >= 0.3 is 0 Å². The lowest BCUT2D eigenvalue weighted by Crippen LogP contribution is -2.19. The average molecular weight is 240 g/mol. The van der Waals surface area contributed by atoms with E-state index in [9.17, 15) is 0 Å². The topological polar surface area (TPSA) is 0 Å². The highest BCUT2D eigenvalue weighted by molar-refractivity contribution is 5.24. The highest BCUT2D eigenvalue weighted by atomic mass is 14.3. The second-order valence-electron chi connectivity index (χ2n) is 6.02. The zero-order chi connectivity index (χ0) is 12.2. The lowest BCUT2D eigenvalue weighted by molar-refractivity contribution is 0.347. The van der Waals surface area contributed by atoms with Gasteiger partial charge in [-0.1, -0.05) is 48.1 Å². The van der Waals surface area contributed by atoms with Gasteiger partial charge < -0.3 is 0 Å². The molecule has 0 saturated carbocycles. The van der Waals surface area contributed by atoms with E-state index in [2.05, 4.69) is 42.5 Å². The predicted molar refractivity (Wildman–Crippen MR) is 78.3 cm³/mol. The molecule has 0 aromatic rings. The molecule has 0 radical (unpaired) electrons. The van der Waals surface area contributed by atoms with Gasteiger partial charge in [-0.3, -0.25) is 0 Å². The minimum Gasteiger partial charge on any atom is -0.0885 e. The number of allylic oxidation sites excluding steroid dienone is 8. The normalized spacial score (nSPS) is 35.6. The van der Waals surface area contributed by atoms with E-state index in [1.165, 1.54) is 44.9 Å². The maximum Gasteiger partial charge on any atom is -0.0161 e. The number of hydrogen-bond donors (Lipinski definition) is 0. The molecule has 0 N–H and O–H groups in total. The van der Waals surface area contributed by atoms with Crippen molar-refractivity contribution in [3.05, 3.63) is 48.1 Å². The molecule has 0 fully saturated rings. The van der Waals surface area contributed by atoms with Crippen molar-refractivity contribution in [2.75, 3.05) is 0 Å². The highest BCUT2D eigenvalue weighted by Gasteiger charge is 2.25. The van der Waals surface area contributed by atoms with Crippen molar-refractivity contribution in [2.24, 2.45) is 17.8 Å². The first kappa shape index (κ1) is 12.0. The second-order valence-corrected chi connectivity index (χ2v) is 6.02. The summed E-state index contributed by atoms with van der Waals surface area (Å²) < 4.78 is 0. The van der Waals surface area contributed by atoms with Crippen LogP contribution < -0.4 is 0 Å². The SMILES string of the molecule is C1=CC(C2CC=CCC2)CC(C2CC=CCC2)=C1. The van der Waals surface area contributed by atoms with E-state index in [4.69, 9.17) is 0 Å². The summed E-state index contributed by atoms with van der Waals surface area (Å²) in [7, 11) is 0. The van der Waals surface area contributed by atoms with E-state index in [1.54, 1.807) is 5.57 Å². The standard InChI is InChI=1S/C18H24/c1-3-8-15(9-4-1)17-12-7-13-18(14-17)16-10-5-2-6-11-16/h1-3,5,7,12-13,15-17H,4,6,8-11,14H2. The summed E-state index contributed by atoms with van der Waals surface area (Å²) in [5, 5.41) is 0. The first-order chi connectivity index (χ1) is 8.93. The second kappa shape index (κ2) is 5.73. The Labute approximate surface area is 111 Å². The van der Waals surface area contributed by atoms with Gasteiger partial charge in [0.2, 0.25) is 0 Å². The first-order valence-electron chi connectivity index (χ1n) is 7.61. The van der Waals surface area contributed by atoms with Crippen molar-refractivity contribution < 1.29 is 0 Å². The highest BCUT2D eigenvalue weighted by Crippen LogP contribution is 2.38. The van der Waals surface area contributed by atoms with Crippen LogP contribution in [0, 0.1) is 17.8 Å². The predicted octanol–water partition coefficient (Wildman–Crippen LogP) is 5.20. The fourth-order valence-corrected chi connectivity index (χ4v) is 3.69. The van der Waals surface area contributed by atoms with Crippen LogP contribution in [0.15, 0.2) is 48.1 Å². The minimum atomic E-state index is 0.806. The van der Waals surface area contributed by atoms with Gasteiger partial charge in [-0.2, -0.15) is 0 Å². The monoisotopic (exact) mass is 240 g/mol. The third kappa shape index (κ3) is 2.68. The largest absolute Gasteiger partial charge is 0.0885 e. The summed E-state index contributed by atoms with van der Waals surface area (Å²) in [5.74, 6) is 2.54. The molecule has 0 heterocycles. The molecule has 0 heteroatoms. The lowest BCUT2D eigenvalue weighted by Gasteiger charge is -2.31. The Balaban J connectivity index is 1.64. The Morgan fingerprint density at radius 1 is 0.889 bits per heavy atom. The quantitative estimate of drug-likeness (QED) is 0.582. The van der Waals surface area contributed by atoms with Crippen LogP contribution in [0.3, 0.4) is 0 Å². The molecule has 0 aliphatic heterocycles. The molecule has 0 bridgehead atoms. The van der Waals surface area contributed by atoms with Gasteiger partial charge in [0.15, 0.2) is 0 Å². The molecule has 0 amide bonds. The van der Waals surface area contributed by atoms with Gasteiger partial charge in [-0.05, 0) is 62.7 Å². The van der Waals surface area contributed by atoms with Crippen molar-refractivity contribution >= 4 is 0 Å². The van der Waals surface area contributed by atoms with Crippen LogP contribution in [-0.2, 0) is 0 Å². The average Bonchev–Trinajstić information content (AvgIpc) is 2.49. The molecule has 3 aliphatic rings. The van der Waals surface area contributed by atoms with Crippen LogP contribution in [0.1, 0.15) is 44.9 Å². The third-order valence-corrected chi connectivity index (χ3v) is 4.85. The van der Waals surface area contributed by atoms with Crippen molar-refractivity contribution in [2.45, 2.75) is 44.9 Å². The molecule has 3 aliphatic carbocycles. The molecule has 0 nitrogen and oxygen atoms in total. The zero-order valence-corrected chi connectivity index (χ0v) is 11.2. The van der Waals surface area contributed by atoms with Crippen LogP contribution in [0.5, 0.6) is 0 Å².